The Balaban J connectivity index is 2.10. The van der Waals surface area contributed by atoms with E-state index in [1.807, 2.05) is 12.1 Å². The normalized spacial score (nSPS) is 19.7. The molecule has 0 bridgehead atoms. The molecule has 1 fully saturated rings. The molecule has 1 aliphatic rings. The van der Waals surface area contributed by atoms with Crippen molar-refractivity contribution in [2.24, 2.45) is 0 Å². The largest absolute Gasteiger partial charge is 0.315 e. The van der Waals surface area contributed by atoms with Gasteiger partial charge in [0, 0.05) is 19.1 Å². The molecule has 1 heterocycles. The van der Waals surface area contributed by atoms with Gasteiger partial charge in [0.05, 0.1) is 10.0 Å². The Morgan fingerprint density at radius 3 is 2.89 bits per heavy atom. The standard InChI is InChI=1S/C14H20Cl2N2/c1-2-8-18(12-6-7-17-9-12)10-11-4-3-5-13(15)14(11)16/h3-5,12,17H,2,6-10H2,1H3. The number of rotatable bonds is 5. The first-order chi connectivity index (χ1) is 8.72. The monoisotopic (exact) mass is 286 g/mol. The summed E-state index contributed by atoms with van der Waals surface area (Å²) in [5.74, 6) is 0. The van der Waals surface area contributed by atoms with Crippen molar-refractivity contribution < 1.29 is 0 Å². The molecular weight excluding hydrogens is 267 g/mol. The molecule has 1 N–H and O–H groups in total. The summed E-state index contributed by atoms with van der Waals surface area (Å²) in [6.07, 6.45) is 2.38. The number of halogens is 2. The van der Waals surface area contributed by atoms with E-state index in [-0.39, 0.29) is 0 Å². The molecule has 0 amide bonds. The molecule has 0 saturated carbocycles. The van der Waals surface area contributed by atoms with E-state index >= 15 is 0 Å². The zero-order chi connectivity index (χ0) is 13.0. The van der Waals surface area contributed by atoms with Crippen LogP contribution >= 0.6 is 23.2 Å². The average molecular weight is 287 g/mol. The second-order valence-electron chi connectivity index (χ2n) is 4.83. The SMILES string of the molecule is CCCN(Cc1cccc(Cl)c1Cl)C1CCNC1. The van der Waals surface area contributed by atoms with Crippen LogP contribution in [0.5, 0.6) is 0 Å². The maximum absolute atomic E-state index is 6.27. The highest BCUT2D eigenvalue weighted by atomic mass is 35.5. The van der Waals surface area contributed by atoms with Crippen molar-refractivity contribution in [3.8, 4) is 0 Å². The van der Waals surface area contributed by atoms with Crippen molar-refractivity contribution in [2.75, 3.05) is 19.6 Å². The van der Waals surface area contributed by atoms with Gasteiger partial charge in [-0.15, -0.1) is 0 Å². The van der Waals surface area contributed by atoms with Gasteiger partial charge in [-0.3, -0.25) is 4.90 Å². The third-order valence-electron chi connectivity index (χ3n) is 3.47. The van der Waals surface area contributed by atoms with Gasteiger partial charge in [0.2, 0.25) is 0 Å². The van der Waals surface area contributed by atoms with Crippen molar-refractivity contribution in [3.05, 3.63) is 33.8 Å². The molecule has 0 spiro atoms. The topological polar surface area (TPSA) is 15.3 Å². The van der Waals surface area contributed by atoms with Crippen LogP contribution in [0.3, 0.4) is 0 Å². The summed E-state index contributed by atoms with van der Waals surface area (Å²) in [5, 5.41) is 4.77. The van der Waals surface area contributed by atoms with Gasteiger partial charge >= 0.3 is 0 Å². The summed E-state index contributed by atoms with van der Waals surface area (Å²) < 4.78 is 0. The number of nitrogens with zero attached hydrogens (tertiary/aromatic N) is 1. The lowest BCUT2D eigenvalue weighted by molar-refractivity contribution is 0.199. The highest BCUT2D eigenvalue weighted by molar-refractivity contribution is 6.42. The zero-order valence-corrected chi connectivity index (χ0v) is 12.3. The van der Waals surface area contributed by atoms with Crippen LogP contribution < -0.4 is 5.32 Å². The fourth-order valence-electron chi connectivity index (χ4n) is 2.52. The molecule has 1 atom stereocenters. The summed E-state index contributed by atoms with van der Waals surface area (Å²) in [4.78, 5) is 2.51. The van der Waals surface area contributed by atoms with E-state index < -0.39 is 0 Å². The molecule has 2 rings (SSSR count). The summed E-state index contributed by atoms with van der Waals surface area (Å²) >= 11 is 12.3. The lowest BCUT2D eigenvalue weighted by Crippen LogP contribution is -2.37. The molecule has 1 aromatic rings. The molecule has 2 nitrogen and oxygen atoms in total. The van der Waals surface area contributed by atoms with Gasteiger partial charge in [-0.25, -0.2) is 0 Å². The maximum atomic E-state index is 6.27. The Kier molecular flexibility index (Phi) is 5.31. The molecule has 1 aromatic carbocycles. The minimum Gasteiger partial charge on any atom is -0.315 e. The van der Waals surface area contributed by atoms with E-state index in [0.29, 0.717) is 16.1 Å². The van der Waals surface area contributed by atoms with Crippen LogP contribution in [-0.2, 0) is 6.54 Å². The van der Waals surface area contributed by atoms with Gasteiger partial charge in [0.25, 0.3) is 0 Å². The van der Waals surface area contributed by atoms with Gasteiger partial charge in [0.1, 0.15) is 0 Å². The second kappa shape index (κ2) is 6.76. The summed E-state index contributed by atoms with van der Waals surface area (Å²) in [5.41, 5.74) is 1.13. The highest BCUT2D eigenvalue weighted by Crippen LogP contribution is 2.27. The average Bonchev–Trinajstić information content (AvgIpc) is 2.88. The van der Waals surface area contributed by atoms with E-state index in [1.54, 1.807) is 0 Å². The van der Waals surface area contributed by atoms with E-state index in [0.717, 1.165) is 38.2 Å². The number of benzene rings is 1. The molecule has 1 saturated heterocycles. The smallest absolute Gasteiger partial charge is 0.0637 e. The molecule has 4 heteroatoms. The predicted octanol–water partition coefficient (Wildman–Crippen LogP) is 3.57. The first kappa shape index (κ1) is 14.1. The minimum atomic E-state index is 0.625. The van der Waals surface area contributed by atoms with Crippen molar-refractivity contribution in [1.82, 2.24) is 10.2 Å². The molecule has 100 valence electrons. The Morgan fingerprint density at radius 2 is 2.22 bits per heavy atom. The quantitative estimate of drug-likeness (QED) is 0.890. The molecular formula is C14H20Cl2N2. The van der Waals surface area contributed by atoms with Crippen molar-refractivity contribution >= 4 is 23.2 Å². The van der Waals surface area contributed by atoms with Gasteiger partial charge in [-0.05, 0) is 37.6 Å². The number of hydrogen-bond acceptors (Lipinski definition) is 2. The van der Waals surface area contributed by atoms with Crippen LogP contribution in [0, 0.1) is 0 Å². The zero-order valence-electron chi connectivity index (χ0n) is 10.8. The second-order valence-corrected chi connectivity index (χ2v) is 5.62. The van der Waals surface area contributed by atoms with Crippen molar-refractivity contribution in [2.45, 2.75) is 32.4 Å². The van der Waals surface area contributed by atoms with Crippen LogP contribution in [-0.4, -0.2) is 30.6 Å². The van der Waals surface area contributed by atoms with Gasteiger partial charge in [0.15, 0.2) is 0 Å². The fourth-order valence-corrected chi connectivity index (χ4v) is 2.90. The van der Waals surface area contributed by atoms with Crippen LogP contribution in [0.25, 0.3) is 0 Å². The van der Waals surface area contributed by atoms with E-state index in [4.69, 9.17) is 23.2 Å². The van der Waals surface area contributed by atoms with Gasteiger partial charge in [-0.2, -0.15) is 0 Å². The summed E-state index contributed by atoms with van der Waals surface area (Å²) in [6.45, 7) is 6.41. The summed E-state index contributed by atoms with van der Waals surface area (Å²) in [7, 11) is 0. The molecule has 18 heavy (non-hydrogen) atoms. The van der Waals surface area contributed by atoms with Crippen LogP contribution in [0.15, 0.2) is 18.2 Å². The Hall–Kier alpha value is -0.280. The number of hydrogen-bond donors (Lipinski definition) is 1. The van der Waals surface area contributed by atoms with Crippen LogP contribution in [0.2, 0.25) is 10.0 Å². The lowest BCUT2D eigenvalue weighted by Gasteiger charge is -2.28. The Bertz CT molecular complexity index is 389. The highest BCUT2D eigenvalue weighted by Gasteiger charge is 2.22. The van der Waals surface area contributed by atoms with Crippen LogP contribution in [0.4, 0.5) is 0 Å². The van der Waals surface area contributed by atoms with Gasteiger partial charge < -0.3 is 5.32 Å². The molecule has 0 aromatic heterocycles. The van der Waals surface area contributed by atoms with Gasteiger partial charge in [-0.1, -0.05) is 42.3 Å². The molecule has 0 aliphatic carbocycles. The van der Waals surface area contributed by atoms with E-state index in [1.165, 1.54) is 6.42 Å². The Morgan fingerprint density at radius 1 is 1.39 bits per heavy atom. The molecule has 1 unspecified atom stereocenters. The van der Waals surface area contributed by atoms with Crippen LogP contribution in [0.1, 0.15) is 25.3 Å². The third-order valence-corrected chi connectivity index (χ3v) is 4.32. The number of nitrogens with one attached hydrogen (secondary N) is 1. The molecule has 1 aliphatic heterocycles. The first-order valence-electron chi connectivity index (χ1n) is 6.60. The predicted molar refractivity (Wildman–Crippen MR) is 78.4 cm³/mol. The fraction of sp³-hybridized carbons (Fsp3) is 0.571. The summed E-state index contributed by atoms with van der Waals surface area (Å²) in [6, 6.07) is 6.51. The van der Waals surface area contributed by atoms with E-state index in [2.05, 4.69) is 23.2 Å². The maximum Gasteiger partial charge on any atom is 0.0637 e. The van der Waals surface area contributed by atoms with Crippen molar-refractivity contribution in [3.63, 3.8) is 0 Å². The minimum absolute atomic E-state index is 0.625. The first-order valence-corrected chi connectivity index (χ1v) is 7.35. The van der Waals surface area contributed by atoms with Crippen molar-refractivity contribution in [1.29, 1.82) is 0 Å². The molecule has 0 radical (unpaired) electrons. The van der Waals surface area contributed by atoms with E-state index in [9.17, 15) is 0 Å². The lowest BCUT2D eigenvalue weighted by atomic mass is 10.1. The Labute approximate surface area is 119 Å². The third kappa shape index (κ3) is 3.39.